The van der Waals surface area contributed by atoms with Crippen LogP contribution < -0.4 is 34.6 Å². The van der Waals surface area contributed by atoms with Crippen LogP contribution in [0.5, 0.6) is 11.5 Å². The number of methoxy groups -OCH3 is 2. The summed E-state index contributed by atoms with van der Waals surface area (Å²) in [6.07, 6.45) is 2.73. The number of fused-ring (bicyclic) bond motifs is 1. The second kappa shape index (κ2) is 14.1. The maximum absolute atomic E-state index is 13.5. The number of hydrogen-bond acceptors (Lipinski definition) is 11. The average Bonchev–Trinajstić information content (AvgIpc) is 3.41. The van der Waals surface area contributed by atoms with Crippen LogP contribution >= 0.6 is 0 Å². The van der Waals surface area contributed by atoms with Crippen LogP contribution in [-0.4, -0.2) is 71.5 Å². The number of ether oxygens (including phenoxy) is 3. The van der Waals surface area contributed by atoms with Crippen molar-refractivity contribution in [3.63, 3.8) is 0 Å². The molecule has 12 nitrogen and oxygen atoms in total. The molecular weight excluding hydrogens is 643 g/mol. The van der Waals surface area contributed by atoms with Crippen molar-refractivity contribution < 1.29 is 22.6 Å². The molecule has 0 bridgehead atoms. The zero-order chi connectivity index (χ0) is 34.0. The van der Waals surface area contributed by atoms with Crippen molar-refractivity contribution in [1.29, 1.82) is 0 Å². The number of aromatic nitrogens is 2. The van der Waals surface area contributed by atoms with Crippen molar-refractivity contribution in [2.75, 3.05) is 67.5 Å². The molecule has 3 N–H and O–H groups in total. The van der Waals surface area contributed by atoms with Crippen LogP contribution in [0.4, 0.5) is 34.6 Å². The van der Waals surface area contributed by atoms with Gasteiger partial charge in [0.25, 0.3) is 0 Å². The molecule has 1 aliphatic carbocycles. The van der Waals surface area contributed by atoms with Gasteiger partial charge >= 0.3 is 0 Å². The lowest BCUT2D eigenvalue weighted by Gasteiger charge is -2.29. The number of morpholine rings is 1. The van der Waals surface area contributed by atoms with E-state index in [1.807, 2.05) is 30.3 Å². The van der Waals surface area contributed by atoms with Crippen LogP contribution in [-0.2, 0) is 21.3 Å². The van der Waals surface area contributed by atoms with Crippen LogP contribution in [0.25, 0.3) is 0 Å². The molecule has 4 aromatic rings. The van der Waals surface area contributed by atoms with Crippen LogP contribution in [0, 0.1) is 0 Å². The second-order valence-electron chi connectivity index (χ2n) is 12.7. The zero-order valence-electron chi connectivity index (χ0n) is 28.1. The Morgan fingerprint density at radius 1 is 0.918 bits per heavy atom. The number of anilines is 6. The standard InChI is InChI=1S/C36H43N7O5S/c1-24-22-43(23-25-11-14-28(46-2)15-12-25)35-33(24)34(37-30-9-4-5-10-32(30)49(44,45)41-26-7-6-8-26)39-36(40-35)38-29-16-13-27(21-31(29)47-3)42-17-19-48-20-18-42/h4-5,9-16,21,24,26,41H,6-8,17-20,22-23H2,1-3H3,(H2,37,38,39,40). The van der Waals surface area contributed by atoms with Gasteiger partial charge in [-0.25, -0.2) is 13.1 Å². The molecule has 7 rings (SSSR count). The van der Waals surface area contributed by atoms with Crippen molar-refractivity contribution in [1.82, 2.24) is 14.7 Å². The summed E-state index contributed by atoms with van der Waals surface area (Å²) in [5.74, 6) is 3.22. The molecule has 2 aliphatic heterocycles. The van der Waals surface area contributed by atoms with E-state index >= 15 is 0 Å². The maximum atomic E-state index is 13.5. The monoisotopic (exact) mass is 685 g/mol. The molecule has 2 fully saturated rings. The van der Waals surface area contributed by atoms with E-state index in [0.29, 0.717) is 48.6 Å². The fourth-order valence-electron chi connectivity index (χ4n) is 6.57. The van der Waals surface area contributed by atoms with E-state index in [1.54, 1.807) is 32.4 Å². The quantitative estimate of drug-likeness (QED) is 0.168. The first kappa shape index (κ1) is 32.9. The van der Waals surface area contributed by atoms with Gasteiger partial charge in [-0.15, -0.1) is 0 Å². The lowest BCUT2D eigenvalue weighted by atomic mass is 9.94. The molecule has 0 spiro atoms. The summed E-state index contributed by atoms with van der Waals surface area (Å²) in [4.78, 5) is 14.7. The highest BCUT2D eigenvalue weighted by atomic mass is 32.2. The van der Waals surface area contributed by atoms with Gasteiger partial charge in [0.15, 0.2) is 0 Å². The van der Waals surface area contributed by atoms with Crippen LogP contribution in [0.3, 0.4) is 0 Å². The molecule has 1 unspecified atom stereocenters. The van der Waals surface area contributed by atoms with Gasteiger partial charge in [0, 0.05) is 55.5 Å². The lowest BCUT2D eigenvalue weighted by Crippen LogP contribution is -2.39. The molecule has 1 atom stereocenters. The van der Waals surface area contributed by atoms with E-state index in [0.717, 1.165) is 67.3 Å². The maximum Gasteiger partial charge on any atom is 0.242 e. The van der Waals surface area contributed by atoms with Crippen molar-refractivity contribution in [2.24, 2.45) is 0 Å². The highest BCUT2D eigenvalue weighted by Gasteiger charge is 2.33. The average molecular weight is 686 g/mol. The number of nitrogens with zero attached hydrogens (tertiary/aromatic N) is 4. The minimum absolute atomic E-state index is 0.0340. The third-order valence-corrected chi connectivity index (χ3v) is 11.0. The van der Waals surface area contributed by atoms with Gasteiger partial charge < -0.3 is 34.6 Å². The van der Waals surface area contributed by atoms with Crippen molar-refractivity contribution in [2.45, 2.75) is 49.6 Å². The Hall–Kier alpha value is -4.59. The number of hydrogen-bond donors (Lipinski definition) is 3. The number of sulfonamides is 1. The van der Waals surface area contributed by atoms with E-state index in [4.69, 9.17) is 24.2 Å². The molecule has 13 heteroatoms. The predicted octanol–water partition coefficient (Wildman–Crippen LogP) is 5.77. The van der Waals surface area contributed by atoms with Gasteiger partial charge in [-0.3, -0.25) is 0 Å². The van der Waals surface area contributed by atoms with Crippen molar-refractivity contribution >= 4 is 44.7 Å². The van der Waals surface area contributed by atoms with E-state index in [9.17, 15) is 8.42 Å². The molecule has 0 amide bonds. The molecule has 3 aromatic carbocycles. The molecular formula is C36H43N7O5S. The van der Waals surface area contributed by atoms with E-state index < -0.39 is 10.0 Å². The molecule has 49 heavy (non-hydrogen) atoms. The Kier molecular flexibility index (Phi) is 9.48. The predicted molar refractivity (Wildman–Crippen MR) is 191 cm³/mol. The van der Waals surface area contributed by atoms with Crippen LogP contribution in [0.2, 0.25) is 0 Å². The second-order valence-corrected chi connectivity index (χ2v) is 14.4. The highest BCUT2D eigenvalue weighted by molar-refractivity contribution is 7.89. The number of nitrogens with one attached hydrogen (secondary N) is 3. The highest BCUT2D eigenvalue weighted by Crippen LogP contribution is 2.43. The minimum atomic E-state index is -3.76. The summed E-state index contributed by atoms with van der Waals surface area (Å²) in [5, 5.41) is 6.83. The fraction of sp³-hybridized carbons (Fsp3) is 0.389. The molecule has 1 aromatic heterocycles. The third kappa shape index (κ3) is 7.10. The molecule has 258 valence electrons. The normalized spacial score (nSPS) is 17.7. The van der Waals surface area contributed by atoms with Gasteiger partial charge in [0.05, 0.1) is 38.8 Å². The van der Waals surface area contributed by atoms with Gasteiger partial charge in [0.1, 0.15) is 28.0 Å². The first-order valence-electron chi connectivity index (χ1n) is 16.8. The lowest BCUT2D eigenvalue weighted by molar-refractivity contribution is 0.122. The Morgan fingerprint density at radius 2 is 1.69 bits per heavy atom. The van der Waals surface area contributed by atoms with Crippen LogP contribution in [0.1, 0.15) is 43.2 Å². The van der Waals surface area contributed by atoms with E-state index in [-0.39, 0.29) is 16.9 Å². The van der Waals surface area contributed by atoms with Gasteiger partial charge in [-0.05, 0) is 54.8 Å². The van der Waals surface area contributed by atoms with Gasteiger partial charge in [-0.1, -0.05) is 37.6 Å². The summed E-state index contributed by atoms with van der Waals surface area (Å²) >= 11 is 0. The first-order chi connectivity index (χ1) is 23.8. The molecule has 1 saturated carbocycles. The Bertz CT molecular complexity index is 1900. The fourth-order valence-corrected chi connectivity index (χ4v) is 8.03. The van der Waals surface area contributed by atoms with E-state index in [1.165, 1.54) is 0 Å². The van der Waals surface area contributed by atoms with Crippen molar-refractivity contribution in [3.05, 3.63) is 77.9 Å². The Morgan fingerprint density at radius 3 is 2.41 bits per heavy atom. The summed E-state index contributed by atoms with van der Waals surface area (Å²) < 4.78 is 46.6. The number of para-hydroxylation sites is 1. The molecule has 3 heterocycles. The smallest absolute Gasteiger partial charge is 0.242 e. The van der Waals surface area contributed by atoms with Crippen molar-refractivity contribution in [3.8, 4) is 11.5 Å². The van der Waals surface area contributed by atoms with Gasteiger partial charge in [0.2, 0.25) is 16.0 Å². The summed E-state index contributed by atoms with van der Waals surface area (Å²) in [7, 11) is -0.453. The minimum Gasteiger partial charge on any atom is -0.497 e. The summed E-state index contributed by atoms with van der Waals surface area (Å²) in [5.41, 5.74) is 4.26. The molecule has 0 radical (unpaired) electrons. The zero-order valence-corrected chi connectivity index (χ0v) is 28.9. The summed E-state index contributed by atoms with van der Waals surface area (Å²) in [6.45, 7) is 6.49. The Labute approximate surface area is 287 Å². The Balaban J connectivity index is 1.26. The largest absolute Gasteiger partial charge is 0.497 e. The number of benzene rings is 3. The topological polar surface area (TPSA) is 130 Å². The molecule has 1 saturated heterocycles. The van der Waals surface area contributed by atoms with Gasteiger partial charge in [-0.2, -0.15) is 9.97 Å². The third-order valence-electron chi connectivity index (χ3n) is 9.41. The molecule has 3 aliphatic rings. The SMILES string of the molecule is COc1ccc(CN2CC(C)c3c(Nc4ccccc4S(=O)(=O)NC4CCC4)nc(Nc4ccc(N5CCOCC5)cc4OC)nc32)cc1. The first-order valence-corrected chi connectivity index (χ1v) is 18.3. The summed E-state index contributed by atoms with van der Waals surface area (Å²) in [6, 6.07) is 21.0. The van der Waals surface area contributed by atoms with Crippen LogP contribution in [0.15, 0.2) is 71.6 Å². The van der Waals surface area contributed by atoms with E-state index in [2.05, 4.69) is 50.3 Å². The number of rotatable bonds is 12.